The third-order valence-electron chi connectivity index (χ3n) is 3.40. The van der Waals surface area contributed by atoms with E-state index in [1.165, 1.54) is 15.4 Å². The van der Waals surface area contributed by atoms with Gasteiger partial charge in [0.1, 0.15) is 12.1 Å². The van der Waals surface area contributed by atoms with Gasteiger partial charge >= 0.3 is 0 Å². The minimum Gasteiger partial charge on any atom is -0.496 e. The lowest BCUT2D eigenvalue weighted by molar-refractivity contribution is 0.275. The molecule has 8 nitrogen and oxygen atoms in total. The van der Waals surface area contributed by atoms with Gasteiger partial charge < -0.3 is 9.84 Å². The summed E-state index contributed by atoms with van der Waals surface area (Å²) in [6, 6.07) is 5.40. The molecule has 0 fully saturated rings. The van der Waals surface area contributed by atoms with E-state index in [1.807, 2.05) is 13.0 Å². The summed E-state index contributed by atoms with van der Waals surface area (Å²) in [7, 11) is 1.59. The molecule has 0 aliphatic carbocycles. The molecule has 0 saturated heterocycles. The molecule has 1 N–H and O–H groups in total. The molecule has 2 heterocycles. The van der Waals surface area contributed by atoms with Crippen LogP contribution in [-0.4, -0.2) is 43.2 Å². The summed E-state index contributed by atoms with van der Waals surface area (Å²) in [5.41, 5.74) is 1.52. The number of fused-ring (bicyclic) bond motifs is 1. The number of benzene rings is 1. The van der Waals surface area contributed by atoms with Gasteiger partial charge in [0.25, 0.3) is 11.3 Å². The van der Waals surface area contributed by atoms with Crippen molar-refractivity contribution in [1.82, 2.24) is 24.4 Å². The number of rotatable bonds is 4. The predicted octanol–water partition coefficient (Wildman–Crippen LogP) is 0.262. The van der Waals surface area contributed by atoms with Crippen LogP contribution < -0.4 is 10.3 Å². The Labute approximate surface area is 125 Å². The Hall–Kier alpha value is -2.74. The molecule has 0 amide bonds. The van der Waals surface area contributed by atoms with Crippen LogP contribution in [0.4, 0.5) is 0 Å². The van der Waals surface area contributed by atoms with Crippen LogP contribution in [0.3, 0.4) is 0 Å². The minimum atomic E-state index is -0.320. The lowest BCUT2D eigenvalue weighted by Gasteiger charge is -2.09. The van der Waals surface area contributed by atoms with E-state index in [-0.39, 0.29) is 24.4 Å². The second-order valence-electron chi connectivity index (χ2n) is 4.79. The Balaban J connectivity index is 2.24. The van der Waals surface area contributed by atoms with Gasteiger partial charge in [-0.15, -0.1) is 10.2 Å². The SMILES string of the molecule is COc1ccc(-c2nn3cnnc3n(CCO)c2=O)cc1C. The summed E-state index contributed by atoms with van der Waals surface area (Å²) in [6.07, 6.45) is 1.42. The molecule has 114 valence electrons. The molecule has 0 spiro atoms. The molecular weight excluding hydrogens is 286 g/mol. The van der Waals surface area contributed by atoms with Crippen LogP contribution in [-0.2, 0) is 6.54 Å². The number of hydrogen-bond donors (Lipinski definition) is 1. The van der Waals surface area contributed by atoms with Crippen molar-refractivity contribution in [3.63, 3.8) is 0 Å². The highest BCUT2D eigenvalue weighted by Gasteiger charge is 2.15. The summed E-state index contributed by atoms with van der Waals surface area (Å²) in [5, 5.41) is 21.1. The van der Waals surface area contributed by atoms with E-state index in [0.717, 1.165) is 11.3 Å². The number of aryl methyl sites for hydroxylation is 1. The first-order chi connectivity index (χ1) is 10.7. The molecule has 8 heteroatoms. The fourth-order valence-electron chi connectivity index (χ4n) is 2.35. The number of hydrogen-bond acceptors (Lipinski definition) is 6. The summed E-state index contributed by atoms with van der Waals surface area (Å²) in [5.74, 6) is 1.04. The van der Waals surface area contributed by atoms with Crippen LogP contribution in [0.15, 0.2) is 29.3 Å². The zero-order chi connectivity index (χ0) is 15.7. The summed E-state index contributed by atoms with van der Waals surface area (Å²) in [6.45, 7) is 1.85. The number of aromatic nitrogens is 5. The maximum absolute atomic E-state index is 12.6. The van der Waals surface area contributed by atoms with Crippen LogP contribution in [0, 0.1) is 6.92 Å². The van der Waals surface area contributed by atoms with Crippen molar-refractivity contribution >= 4 is 5.78 Å². The normalized spacial score (nSPS) is 11.0. The second kappa shape index (κ2) is 5.57. The Morgan fingerprint density at radius 3 is 2.86 bits per heavy atom. The highest BCUT2D eigenvalue weighted by Crippen LogP contribution is 2.23. The molecule has 0 radical (unpaired) electrons. The van der Waals surface area contributed by atoms with Gasteiger partial charge in [0.05, 0.1) is 20.3 Å². The summed E-state index contributed by atoms with van der Waals surface area (Å²) in [4.78, 5) is 12.6. The van der Waals surface area contributed by atoms with Crippen molar-refractivity contribution in [3.8, 4) is 17.0 Å². The van der Waals surface area contributed by atoms with Crippen molar-refractivity contribution in [2.45, 2.75) is 13.5 Å². The van der Waals surface area contributed by atoms with E-state index in [9.17, 15) is 4.79 Å². The number of aliphatic hydroxyl groups is 1. The molecule has 0 bridgehead atoms. The molecule has 0 aliphatic heterocycles. The van der Waals surface area contributed by atoms with E-state index in [1.54, 1.807) is 19.2 Å². The second-order valence-corrected chi connectivity index (χ2v) is 4.79. The average Bonchev–Trinajstić information content (AvgIpc) is 2.98. The zero-order valence-corrected chi connectivity index (χ0v) is 12.2. The quantitative estimate of drug-likeness (QED) is 0.743. The molecule has 0 aliphatic rings. The van der Waals surface area contributed by atoms with Crippen molar-refractivity contribution in [2.24, 2.45) is 0 Å². The summed E-state index contributed by atoms with van der Waals surface area (Å²) < 4.78 is 8.00. The molecule has 1 aromatic carbocycles. The molecule has 0 atom stereocenters. The van der Waals surface area contributed by atoms with Crippen LogP contribution in [0.5, 0.6) is 5.75 Å². The lowest BCUT2D eigenvalue weighted by atomic mass is 10.1. The Morgan fingerprint density at radius 1 is 1.36 bits per heavy atom. The van der Waals surface area contributed by atoms with Gasteiger partial charge in [0.2, 0.25) is 0 Å². The van der Waals surface area contributed by atoms with Crippen LogP contribution in [0.2, 0.25) is 0 Å². The van der Waals surface area contributed by atoms with Gasteiger partial charge in [-0.1, -0.05) is 0 Å². The van der Waals surface area contributed by atoms with Gasteiger partial charge in [0, 0.05) is 5.56 Å². The number of aliphatic hydroxyl groups excluding tert-OH is 1. The Bertz CT molecular complexity index is 884. The molecule has 0 unspecified atom stereocenters. The van der Waals surface area contributed by atoms with Gasteiger partial charge in [-0.05, 0) is 30.7 Å². The Morgan fingerprint density at radius 2 is 2.18 bits per heavy atom. The highest BCUT2D eigenvalue weighted by molar-refractivity contribution is 5.61. The molecule has 2 aromatic heterocycles. The van der Waals surface area contributed by atoms with Crippen molar-refractivity contribution in [3.05, 3.63) is 40.4 Å². The van der Waals surface area contributed by atoms with Crippen molar-refractivity contribution in [2.75, 3.05) is 13.7 Å². The van der Waals surface area contributed by atoms with Gasteiger partial charge in [-0.2, -0.15) is 9.61 Å². The van der Waals surface area contributed by atoms with Gasteiger partial charge in [0.15, 0.2) is 5.69 Å². The smallest absolute Gasteiger partial charge is 0.281 e. The van der Waals surface area contributed by atoms with Crippen LogP contribution >= 0.6 is 0 Å². The third-order valence-corrected chi connectivity index (χ3v) is 3.40. The number of nitrogens with zero attached hydrogens (tertiary/aromatic N) is 5. The first-order valence-electron chi connectivity index (χ1n) is 6.72. The monoisotopic (exact) mass is 301 g/mol. The highest BCUT2D eigenvalue weighted by atomic mass is 16.5. The van der Waals surface area contributed by atoms with E-state index >= 15 is 0 Å². The fourth-order valence-corrected chi connectivity index (χ4v) is 2.35. The van der Waals surface area contributed by atoms with E-state index in [4.69, 9.17) is 9.84 Å². The molecule has 3 rings (SSSR count). The molecular formula is C14H15N5O3. The fraction of sp³-hybridized carbons (Fsp3) is 0.286. The Kier molecular flexibility index (Phi) is 3.60. The largest absolute Gasteiger partial charge is 0.496 e. The molecule has 0 saturated carbocycles. The standard InChI is InChI=1S/C14H15N5O3/c1-9-7-10(3-4-11(9)22-2)12-13(21)18(5-6-20)14-16-15-8-19(14)17-12/h3-4,7-8,20H,5-6H2,1-2H3. The van der Waals surface area contributed by atoms with Crippen LogP contribution in [0.25, 0.3) is 17.0 Å². The zero-order valence-electron chi connectivity index (χ0n) is 12.2. The first-order valence-corrected chi connectivity index (χ1v) is 6.72. The van der Waals surface area contributed by atoms with Crippen molar-refractivity contribution < 1.29 is 9.84 Å². The molecule has 3 aromatic rings. The lowest BCUT2D eigenvalue weighted by Crippen LogP contribution is -2.27. The molecule has 22 heavy (non-hydrogen) atoms. The van der Waals surface area contributed by atoms with Gasteiger partial charge in [-0.25, -0.2) is 0 Å². The minimum absolute atomic E-state index is 0.131. The third kappa shape index (κ3) is 2.23. The van der Waals surface area contributed by atoms with Crippen molar-refractivity contribution in [1.29, 1.82) is 0 Å². The number of methoxy groups -OCH3 is 1. The van der Waals surface area contributed by atoms with E-state index in [2.05, 4.69) is 15.3 Å². The van der Waals surface area contributed by atoms with E-state index < -0.39 is 0 Å². The van der Waals surface area contributed by atoms with Crippen LogP contribution in [0.1, 0.15) is 5.56 Å². The van der Waals surface area contributed by atoms with E-state index in [0.29, 0.717) is 11.3 Å². The summed E-state index contributed by atoms with van der Waals surface area (Å²) >= 11 is 0. The number of ether oxygens (including phenoxy) is 1. The van der Waals surface area contributed by atoms with Gasteiger partial charge in [-0.3, -0.25) is 9.36 Å². The first kappa shape index (κ1) is 14.2. The average molecular weight is 301 g/mol. The predicted molar refractivity (Wildman–Crippen MR) is 78.9 cm³/mol. The topological polar surface area (TPSA) is 94.5 Å². The maximum atomic E-state index is 12.6. The maximum Gasteiger partial charge on any atom is 0.281 e.